The highest BCUT2D eigenvalue weighted by atomic mass is 16.5. The second-order valence-electron chi connectivity index (χ2n) is 4.76. The zero-order chi connectivity index (χ0) is 15.2. The van der Waals surface area contributed by atoms with Gasteiger partial charge in [-0.1, -0.05) is 0 Å². The summed E-state index contributed by atoms with van der Waals surface area (Å²) in [4.78, 5) is 23.4. The maximum absolute atomic E-state index is 12.0. The Morgan fingerprint density at radius 2 is 1.95 bits per heavy atom. The topological polar surface area (TPSA) is 77.0 Å². The molecule has 0 aromatic heterocycles. The van der Waals surface area contributed by atoms with Gasteiger partial charge in [0.15, 0.2) is 11.5 Å². The third-order valence-corrected chi connectivity index (χ3v) is 3.28. The van der Waals surface area contributed by atoms with Crippen molar-refractivity contribution in [2.45, 2.75) is 25.7 Å². The molecule has 0 bridgehead atoms. The molecule has 1 N–H and O–H groups in total. The summed E-state index contributed by atoms with van der Waals surface area (Å²) in [5.74, 6) is 0.853. The highest BCUT2D eigenvalue weighted by Crippen LogP contribution is 2.27. The normalized spacial score (nSPS) is 16.7. The summed E-state index contributed by atoms with van der Waals surface area (Å²) >= 11 is 0. The van der Waals surface area contributed by atoms with Gasteiger partial charge in [-0.15, -0.1) is 0 Å². The number of nitrogens with zero attached hydrogens (tertiary/aromatic N) is 1. The van der Waals surface area contributed by atoms with E-state index in [2.05, 4.69) is 10.5 Å². The summed E-state index contributed by atoms with van der Waals surface area (Å²) in [7, 11) is 3.04. The summed E-state index contributed by atoms with van der Waals surface area (Å²) < 4.78 is 10.3. The van der Waals surface area contributed by atoms with E-state index in [1.54, 1.807) is 18.2 Å². The monoisotopic (exact) mass is 290 g/mol. The second kappa shape index (κ2) is 6.88. The summed E-state index contributed by atoms with van der Waals surface area (Å²) in [6.45, 7) is 0. The predicted molar refractivity (Wildman–Crippen MR) is 77.9 cm³/mol. The molecule has 0 unspecified atom stereocenters. The number of carbonyl (C=O) groups excluding carboxylic acids is 2. The Bertz CT molecular complexity index is 581. The molecule has 1 saturated carbocycles. The molecule has 0 saturated heterocycles. The van der Waals surface area contributed by atoms with Crippen LogP contribution >= 0.6 is 0 Å². The number of hydrazone groups is 1. The van der Waals surface area contributed by atoms with Gasteiger partial charge in [-0.25, -0.2) is 5.43 Å². The van der Waals surface area contributed by atoms with E-state index >= 15 is 0 Å². The lowest BCUT2D eigenvalue weighted by molar-refractivity contribution is -0.118. The minimum absolute atomic E-state index is 0.167. The molecule has 0 aliphatic heterocycles. The summed E-state index contributed by atoms with van der Waals surface area (Å²) in [5, 5.41) is 4.03. The van der Waals surface area contributed by atoms with Crippen molar-refractivity contribution in [1.29, 1.82) is 0 Å². The third-order valence-electron chi connectivity index (χ3n) is 3.28. The quantitative estimate of drug-likeness (QED) is 0.860. The molecule has 6 nitrogen and oxygen atoms in total. The van der Waals surface area contributed by atoms with Gasteiger partial charge in [0.25, 0.3) is 5.91 Å². The molecule has 1 aliphatic rings. The van der Waals surface area contributed by atoms with E-state index in [1.165, 1.54) is 14.2 Å². The Labute approximate surface area is 123 Å². The lowest BCUT2D eigenvalue weighted by Crippen LogP contribution is -2.22. The van der Waals surface area contributed by atoms with Crippen LogP contribution in [0.1, 0.15) is 36.0 Å². The van der Waals surface area contributed by atoms with Gasteiger partial charge in [-0.3, -0.25) is 9.59 Å². The smallest absolute Gasteiger partial charge is 0.271 e. The number of rotatable bonds is 4. The maximum Gasteiger partial charge on any atom is 0.271 e. The van der Waals surface area contributed by atoms with Crippen LogP contribution in [0.2, 0.25) is 0 Å². The molecule has 0 radical (unpaired) electrons. The van der Waals surface area contributed by atoms with Gasteiger partial charge in [0, 0.05) is 24.1 Å². The molecule has 2 rings (SSSR count). The first-order chi connectivity index (χ1) is 10.1. The van der Waals surface area contributed by atoms with Crippen molar-refractivity contribution in [3.8, 4) is 11.5 Å². The lowest BCUT2D eigenvalue weighted by Gasteiger charge is -2.12. The second-order valence-corrected chi connectivity index (χ2v) is 4.76. The Kier molecular flexibility index (Phi) is 4.92. The van der Waals surface area contributed by atoms with Gasteiger partial charge in [-0.2, -0.15) is 5.10 Å². The number of hydrogen-bond donors (Lipinski definition) is 1. The number of carbonyl (C=O) groups is 2. The van der Waals surface area contributed by atoms with E-state index in [9.17, 15) is 9.59 Å². The number of amides is 1. The van der Waals surface area contributed by atoms with Crippen molar-refractivity contribution in [3.05, 3.63) is 23.8 Å². The van der Waals surface area contributed by atoms with Crippen molar-refractivity contribution in [3.63, 3.8) is 0 Å². The molecular formula is C15H18N2O4. The van der Waals surface area contributed by atoms with Gasteiger partial charge in [-0.05, 0) is 31.0 Å². The first-order valence-electron chi connectivity index (χ1n) is 6.73. The zero-order valence-corrected chi connectivity index (χ0v) is 12.1. The van der Waals surface area contributed by atoms with E-state index in [-0.39, 0.29) is 11.7 Å². The van der Waals surface area contributed by atoms with Crippen LogP contribution in [0.4, 0.5) is 0 Å². The number of nitrogens with one attached hydrogen (secondary N) is 1. The largest absolute Gasteiger partial charge is 0.493 e. The number of benzene rings is 1. The van der Waals surface area contributed by atoms with Crippen LogP contribution in [0, 0.1) is 0 Å². The van der Waals surface area contributed by atoms with Gasteiger partial charge < -0.3 is 9.47 Å². The first kappa shape index (κ1) is 15.0. The van der Waals surface area contributed by atoms with Crippen molar-refractivity contribution < 1.29 is 19.1 Å². The fourth-order valence-electron chi connectivity index (χ4n) is 2.16. The molecule has 0 atom stereocenters. The Morgan fingerprint density at radius 1 is 1.19 bits per heavy atom. The van der Waals surface area contributed by atoms with Crippen molar-refractivity contribution in [2.24, 2.45) is 5.10 Å². The zero-order valence-electron chi connectivity index (χ0n) is 12.1. The molecule has 1 amide bonds. The van der Waals surface area contributed by atoms with Gasteiger partial charge in [0.05, 0.1) is 14.2 Å². The minimum Gasteiger partial charge on any atom is -0.493 e. The molecule has 6 heteroatoms. The predicted octanol–water partition coefficient (Wildman–Crippen LogP) is 1.93. The van der Waals surface area contributed by atoms with Crippen LogP contribution in [0.5, 0.6) is 11.5 Å². The Hall–Kier alpha value is -2.37. The van der Waals surface area contributed by atoms with Gasteiger partial charge in [0.2, 0.25) is 0 Å². The highest BCUT2D eigenvalue weighted by Gasteiger charge is 2.15. The molecule has 1 aromatic rings. The van der Waals surface area contributed by atoms with Crippen molar-refractivity contribution >= 4 is 17.4 Å². The lowest BCUT2D eigenvalue weighted by atomic mass is 9.97. The third kappa shape index (κ3) is 3.81. The van der Waals surface area contributed by atoms with E-state index in [0.717, 1.165) is 18.6 Å². The molecule has 0 heterocycles. The van der Waals surface area contributed by atoms with Crippen LogP contribution in [0.15, 0.2) is 23.3 Å². The van der Waals surface area contributed by atoms with E-state index in [1.807, 2.05) is 0 Å². The number of methoxy groups -OCH3 is 2. The first-order valence-corrected chi connectivity index (χ1v) is 6.73. The van der Waals surface area contributed by atoms with E-state index in [0.29, 0.717) is 29.9 Å². The summed E-state index contributed by atoms with van der Waals surface area (Å²) in [5.41, 5.74) is 3.62. The van der Waals surface area contributed by atoms with E-state index < -0.39 is 0 Å². The number of ether oxygens (including phenoxy) is 2. The van der Waals surface area contributed by atoms with Crippen LogP contribution in [0.3, 0.4) is 0 Å². The molecule has 0 spiro atoms. The maximum atomic E-state index is 12.0. The molecular weight excluding hydrogens is 272 g/mol. The number of hydrogen-bond acceptors (Lipinski definition) is 5. The molecule has 1 fully saturated rings. The average Bonchev–Trinajstić information content (AvgIpc) is 2.52. The summed E-state index contributed by atoms with van der Waals surface area (Å²) in [6, 6.07) is 4.87. The highest BCUT2D eigenvalue weighted by molar-refractivity contribution is 6.04. The Balaban J connectivity index is 2.06. The Morgan fingerprint density at radius 3 is 2.62 bits per heavy atom. The minimum atomic E-state index is -0.346. The SMILES string of the molecule is COc1ccc(C(=O)NN=C2CCCC(=O)C2)cc1OC. The van der Waals surface area contributed by atoms with Crippen LogP contribution in [0.25, 0.3) is 0 Å². The summed E-state index contributed by atoms with van der Waals surface area (Å²) in [6.07, 6.45) is 2.47. The fraction of sp³-hybridized carbons (Fsp3) is 0.400. The van der Waals surface area contributed by atoms with E-state index in [4.69, 9.17) is 9.47 Å². The standard InChI is InChI=1S/C15H18N2O4/c1-20-13-7-6-10(8-14(13)21-2)15(19)17-16-11-4-3-5-12(18)9-11/h6-8H,3-5,9H2,1-2H3,(H,17,19). The molecule has 112 valence electrons. The fourth-order valence-corrected chi connectivity index (χ4v) is 2.16. The number of Topliss-reactive ketones (excluding diaryl/α,β-unsaturated/α-hetero) is 1. The average molecular weight is 290 g/mol. The van der Waals surface area contributed by atoms with Crippen LogP contribution in [-0.4, -0.2) is 31.6 Å². The molecule has 21 heavy (non-hydrogen) atoms. The van der Waals surface area contributed by atoms with Crippen molar-refractivity contribution in [2.75, 3.05) is 14.2 Å². The molecule has 1 aromatic carbocycles. The van der Waals surface area contributed by atoms with Crippen LogP contribution < -0.4 is 14.9 Å². The van der Waals surface area contributed by atoms with Gasteiger partial charge >= 0.3 is 0 Å². The molecule has 1 aliphatic carbocycles. The van der Waals surface area contributed by atoms with Crippen LogP contribution in [-0.2, 0) is 4.79 Å². The van der Waals surface area contributed by atoms with Gasteiger partial charge in [0.1, 0.15) is 5.78 Å². The number of ketones is 1. The van der Waals surface area contributed by atoms with Crippen molar-refractivity contribution in [1.82, 2.24) is 5.43 Å².